The van der Waals surface area contributed by atoms with E-state index >= 15 is 0 Å². The zero-order chi connectivity index (χ0) is 10.1. The van der Waals surface area contributed by atoms with Crippen LogP contribution in [0, 0.1) is 0 Å². The third-order valence-electron chi connectivity index (χ3n) is 2.06. The van der Waals surface area contributed by atoms with E-state index in [0.29, 0.717) is 10.3 Å². The van der Waals surface area contributed by atoms with Gasteiger partial charge in [-0.25, -0.2) is 4.98 Å². The fourth-order valence-electron chi connectivity index (χ4n) is 1.40. The average molecular weight is 256 g/mol. The number of fused-ring (bicyclic) bond motifs is 1. The summed E-state index contributed by atoms with van der Waals surface area (Å²) in [5, 5.41) is 9.68. The van der Waals surface area contributed by atoms with Crippen molar-refractivity contribution in [3.05, 3.63) is 34.7 Å². The van der Waals surface area contributed by atoms with E-state index in [2.05, 4.69) is 20.9 Å². The van der Waals surface area contributed by atoms with Crippen LogP contribution in [-0.2, 0) is 0 Å². The fraction of sp³-hybridized carbons (Fsp3) is 0.222. The number of hydrogen-bond donors (Lipinski definition) is 2. The maximum Gasteiger partial charge on any atom is 0.138 e. The van der Waals surface area contributed by atoms with Gasteiger partial charge < -0.3 is 15.2 Å². The number of pyridine rings is 1. The van der Waals surface area contributed by atoms with Crippen molar-refractivity contribution < 1.29 is 5.11 Å². The highest BCUT2D eigenvalue weighted by Gasteiger charge is 2.16. The molecule has 2 heterocycles. The SMILES string of the molecule is NCC(O)c1c(Br)nc2ccccn12. The normalized spacial score (nSPS) is 13.4. The van der Waals surface area contributed by atoms with E-state index in [1.54, 1.807) is 0 Å². The van der Waals surface area contributed by atoms with Crippen LogP contribution in [0.5, 0.6) is 0 Å². The number of halogens is 1. The summed E-state index contributed by atoms with van der Waals surface area (Å²) < 4.78 is 2.46. The lowest BCUT2D eigenvalue weighted by atomic mass is 10.3. The molecule has 2 rings (SSSR count). The molecule has 74 valence electrons. The van der Waals surface area contributed by atoms with Gasteiger partial charge >= 0.3 is 0 Å². The predicted molar refractivity (Wildman–Crippen MR) is 56.9 cm³/mol. The van der Waals surface area contributed by atoms with Gasteiger partial charge in [0, 0.05) is 12.7 Å². The molecule has 0 saturated carbocycles. The molecule has 3 N–H and O–H groups in total. The van der Waals surface area contributed by atoms with E-state index in [1.165, 1.54) is 0 Å². The summed E-state index contributed by atoms with van der Waals surface area (Å²) in [6, 6.07) is 5.65. The lowest BCUT2D eigenvalue weighted by Gasteiger charge is -2.07. The van der Waals surface area contributed by atoms with Crippen LogP contribution in [0.15, 0.2) is 29.0 Å². The van der Waals surface area contributed by atoms with E-state index in [1.807, 2.05) is 28.8 Å². The minimum atomic E-state index is -0.693. The summed E-state index contributed by atoms with van der Waals surface area (Å²) in [4.78, 5) is 4.25. The third kappa shape index (κ3) is 1.43. The second-order valence-corrected chi connectivity index (χ2v) is 3.72. The van der Waals surface area contributed by atoms with Gasteiger partial charge in [0.15, 0.2) is 0 Å². The molecule has 1 atom stereocenters. The van der Waals surface area contributed by atoms with E-state index in [9.17, 15) is 5.11 Å². The Morgan fingerprint density at radius 1 is 1.57 bits per heavy atom. The number of aliphatic hydroxyl groups is 1. The Morgan fingerprint density at radius 2 is 2.36 bits per heavy atom. The van der Waals surface area contributed by atoms with Gasteiger partial charge in [-0.15, -0.1) is 0 Å². The molecule has 0 bridgehead atoms. The Kier molecular flexibility index (Phi) is 2.54. The molecule has 0 aliphatic carbocycles. The molecule has 2 aromatic heterocycles. The molecule has 0 aliphatic heterocycles. The summed E-state index contributed by atoms with van der Waals surface area (Å²) in [6.45, 7) is 0.182. The van der Waals surface area contributed by atoms with Crippen LogP contribution >= 0.6 is 15.9 Å². The average Bonchev–Trinajstić information content (AvgIpc) is 2.53. The number of aromatic nitrogens is 2. The van der Waals surface area contributed by atoms with Crippen molar-refractivity contribution in [1.82, 2.24) is 9.38 Å². The van der Waals surface area contributed by atoms with Gasteiger partial charge in [0.25, 0.3) is 0 Å². The quantitative estimate of drug-likeness (QED) is 0.845. The first-order chi connectivity index (χ1) is 6.74. The highest BCUT2D eigenvalue weighted by atomic mass is 79.9. The Labute approximate surface area is 89.5 Å². The first kappa shape index (κ1) is 9.64. The predicted octanol–water partition coefficient (Wildman–Crippen LogP) is 1.09. The molecule has 5 heteroatoms. The van der Waals surface area contributed by atoms with Crippen LogP contribution in [0.4, 0.5) is 0 Å². The van der Waals surface area contributed by atoms with Crippen molar-refractivity contribution in [3.63, 3.8) is 0 Å². The van der Waals surface area contributed by atoms with Crippen molar-refractivity contribution in [2.45, 2.75) is 6.10 Å². The Morgan fingerprint density at radius 3 is 3.07 bits per heavy atom. The molecule has 0 spiro atoms. The monoisotopic (exact) mass is 255 g/mol. The lowest BCUT2D eigenvalue weighted by Crippen LogP contribution is -2.13. The van der Waals surface area contributed by atoms with Gasteiger partial charge in [-0.3, -0.25) is 0 Å². The van der Waals surface area contributed by atoms with Gasteiger partial charge in [-0.05, 0) is 28.1 Å². The number of rotatable bonds is 2. The zero-order valence-electron chi connectivity index (χ0n) is 7.39. The van der Waals surface area contributed by atoms with Crippen LogP contribution in [0.2, 0.25) is 0 Å². The van der Waals surface area contributed by atoms with E-state index in [4.69, 9.17) is 5.73 Å². The minimum Gasteiger partial charge on any atom is -0.385 e. The number of hydrogen-bond acceptors (Lipinski definition) is 3. The number of aliphatic hydroxyl groups excluding tert-OH is 1. The molecular weight excluding hydrogens is 246 g/mol. The molecule has 4 nitrogen and oxygen atoms in total. The van der Waals surface area contributed by atoms with E-state index in [0.717, 1.165) is 5.65 Å². The van der Waals surface area contributed by atoms with Crippen molar-refractivity contribution in [2.75, 3.05) is 6.54 Å². The summed E-state index contributed by atoms with van der Waals surface area (Å²) in [6.07, 6.45) is 1.16. The van der Waals surface area contributed by atoms with Crippen molar-refractivity contribution in [2.24, 2.45) is 5.73 Å². The molecule has 1 unspecified atom stereocenters. The van der Waals surface area contributed by atoms with Gasteiger partial charge in [0.1, 0.15) is 16.4 Å². The highest BCUT2D eigenvalue weighted by Crippen LogP contribution is 2.23. The maximum absolute atomic E-state index is 9.68. The first-order valence-electron chi connectivity index (χ1n) is 4.24. The maximum atomic E-state index is 9.68. The second-order valence-electron chi connectivity index (χ2n) is 2.97. The first-order valence-corrected chi connectivity index (χ1v) is 5.04. The topological polar surface area (TPSA) is 63.5 Å². The highest BCUT2D eigenvalue weighted by molar-refractivity contribution is 9.10. The van der Waals surface area contributed by atoms with Crippen LogP contribution in [0.3, 0.4) is 0 Å². The summed E-state index contributed by atoms with van der Waals surface area (Å²) in [5.41, 5.74) is 6.90. The molecule has 0 saturated heterocycles. The molecule has 0 amide bonds. The molecule has 0 aromatic carbocycles. The molecule has 2 aromatic rings. The van der Waals surface area contributed by atoms with Crippen LogP contribution in [-0.4, -0.2) is 21.0 Å². The number of nitrogens with zero attached hydrogens (tertiary/aromatic N) is 2. The van der Waals surface area contributed by atoms with Gasteiger partial charge in [-0.2, -0.15) is 0 Å². The van der Waals surface area contributed by atoms with Gasteiger partial charge in [0.2, 0.25) is 0 Å². The van der Waals surface area contributed by atoms with Crippen molar-refractivity contribution >= 4 is 21.6 Å². The summed E-state index contributed by atoms with van der Waals surface area (Å²) in [5.74, 6) is 0. The number of nitrogens with two attached hydrogens (primary N) is 1. The van der Waals surface area contributed by atoms with Crippen molar-refractivity contribution in [3.8, 4) is 0 Å². The zero-order valence-corrected chi connectivity index (χ0v) is 8.98. The van der Waals surface area contributed by atoms with Gasteiger partial charge in [0.05, 0.1) is 5.69 Å². The Balaban J connectivity index is 2.67. The van der Waals surface area contributed by atoms with Crippen LogP contribution in [0.25, 0.3) is 5.65 Å². The summed E-state index contributed by atoms with van der Waals surface area (Å²) >= 11 is 3.30. The Bertz CT molecular complexity index is 454. The Hall–Kier alpha value is -0.910. The molecule has 0 aliphatic rings. The van der Waals surface area contributed by atoms with E-state index < -0.39 is 6.10 Å². The molecule has 0 radical (unpaired) electrons. The number of imidazole rings is 1. The standard InChI is InChI=1S/C9H10BrN3O/c10-9-8(6(14)5-11)13-4-2-1-3-7(13)12-9/h1-4,6,14H,5,11H2. The summed E-state index contributed by atoms with van der Waals surface area (Å²) in [7, 11) is 0. The smallest absolute Gasteiger partial charge is 0.138 e. The molecule has 0 fully saturated rings. The molecular formula is C9H10BrN3O. The van der Waals surface area contributed by atoms with Crippen molar-refractivity contribution in [1.29, 1.82) is 0 Å². The third-order valence-corrected chi connectivity index (χ3v) is 2.64. The van der Waals surface area contributed by atoms with Crippen LogP contribution < -0.4 is 5.73 Å². The largest absolute Gasteiger partial charge is 0.385 e. The van der Waals surface area contributed by atoms with Gasteiger partial charge in [-0.1, -0.05) is 6.07 Å². The second kappa shape index (κ2) is 3.68. The fourth-order valence-corrected chi connectivity index (χ4v) is 2.03. The minimum absolute atomic E-state index is 0.182. The van der Waals surface area contributed by atoms with Crippen LogP contribution in [0.1, 0.15) is 11.8 Å². The van der Waals surface area contributed by atoms with E-state index in [-0.39, 0.29) is 6.54 Å². The lowest BCUT2D eigenvalue weighted by molar-refractivity contribution is 0.180. The molecule has 14 heavy (non-hydrogen) atoms.